The van der Waals surface area contributed by atoms with Crippen LogP contribution in [0.25, 0.3) is 0 Å². The molecule has 1 atom stereocenters. The van der Waals surface area contributed by atoms with Crippen LogP contribution in [0, 0.1) is 5.82 Å². The number of carbonyl (C=O) groups is 2. The predicted octanol–water partition coefficient (Wildman–Crippen LogP) is 4.35. The third kappa shape index (κ3) is 6.34. The summed E-state index contributed by atoms with van der Waals surface area (Å²) in [6.07, 6.45) is -0.118. The molecule has 0 aliphatic carbocycles. The molecule has 6 heteroatoms. The molecule has 1 N–H and O–H groups in total. The van der Waals surface area contributed by atoms with Crippen molar-refractivity contribution in [2.75, 3.05) is 0 Å². The van der Waals surface area contributed by atoms with Gasteiger partial charge in [-0.15, -0.1) is 0 Å². The summed E-state index contributed by atoms with van der Waals surface area (Å²) in [6.45, 7) is 7.53. The molecule has 0 spiro atoms. The van der Waals surface area contributed by atoms with Crippen molar-refractivity contribution in [3.05, 3.63) is 70.5 Å². The van der Waals surface area contributed by atoms with Crippen molar-refractivity contribution >= 4 is 23.4 Å². The molecular weight excluding hydrogens is 379 g/mol. The highest BCUT2D eigenvalue weighted by atomic mass is 35.5. The zero-order valence-electron chi connectivity index (χ0n) is 16.6. The van der Waals surface area contributed by atoms with Crippen LogP contribution in [0.3, 0.4) is 0 Å². The Morgan fingerprint density at radius 3 is 2.29 bits per heavy atom. The molecule has 1 unspecified atom stereocenters. The van der Waals surface area contributed by atoms with Crippen LogP contribution in [0.15, 0.2) is 48.5 Å². The van der Waals surface area contributed by atoms with Crippen LogP contribution in [-0.4, -0.2) is 28.3 Å². The fraction of sp³-hybridized carbons (Fsp3) is 0.364. The molecule has 4 nitrogen and oxygen atoms in total. The number of nitrogens with zero attached hydrogens (tertiary/aromatic N) is 1. The SMILES string of the molecule is CC(C(=O)NC(C)(C)C)N(Cc1ccc(Cl)cc1)C(=O)Cc1ccccc1F. The lowest BCUT2D eigenvalue weighted by atomic mass is 10.1. The molecule has 0 bridgehead atoms. The summed E-state index contributed by atoms with van der Waals surface area (Å²) < 4.78 is 14.0. The van der Waals surface area contributed by atoms with Gasteiger partial charge in [0.05, 0.1) is 6.42 Å². The highest BCUT2D eigenvalue weighted by molar-refractivity contribution is 6.30. The van der Waals surface area contributed by atoms with E-state index in [0.717, 1.165) is 5.56 Å². The van der Waals surface area contributed by atoms with Crippen LogP contribution in [0.4, 0.5) is 4.39 Å². The smallest absolute Gasteiger partial charge is 0.242 e. The van der Waals surface area contributed by atoms with Gasteiger partial charge in [0.15, 0.2) is 0 Å². The average Bonchev–Trinajstić information content (AvgIpc) is 2.61. The highest BCUT2D eigenvalue weighted by Crippen LogP contribution is 2.16. The first-order valence-corrected chi connectivity index (χ1v) is 9.54. The van der Waals surface area contributed by atoms with Gasteiger partial charge >= 0.3 is 0 Å². The minimum atomic E-state index is -0.714. The molecule has 0 aromatic heterocycles. The van der Waals surface area contributed by atoms with Crippen LogP contribution >= 0.6 is 11.6 Å². The summed E-state index contributed by atoms with van der Waals surface area (Å²) in [5.74, 6) is -1.02. The summed E-state index contributed by atoms with van der Waals surface area (Å²) in [5.41, 5.74) is 0.713. The van der Waals surface area contributed by atoms with E-state index in [1.54, 1.807) is 49.4 Å². The topological polar surface area (TPSA) is 49.4 Å². The molecule has 0 heterocycles. The van der Waals surface area contributed by atoms with Crippen molar-refractivity contribution in [1.29, 1.82) is 0 Å². The number of amides is 2. The van der Waals surface area contributed by atoms with Gasteiger partial charge in [0.1, 0.15) is 11.9 Å². The van der Waals surface area contributed by atoms with Crippen molar-refractivity contribution in [1.82, 2.24) is 10.2 Å². The Morgan fingerprint density at radius 2 is 1.71 bits per heavy atom. The molecule has 2 aromatic carbocycles. The van der Waals surface area contributed by atoms with E-state index in [2.05, 4.69) is 5.32 Å². The van der Waals surface area contributed by atoms with E-state index in [1.165, 1.54) is 11.0 Å². The van der Waals surface area contributed by atoms with Crippen LogP contribution in [0.5, 0.6) is 0 Å². The van der Waals surface area contributed by atoms with E-state index in [1.807, 2.05) is 20.8 Å². The van der Waals surface area contributed by atoms with Gasteiger partial charge in [-0.1, -0.05) is 41.9 Å². The van der Waals surface area contributed by atoms with Gasteiger partial charge in [-0.05, 0) is 57.0 Å². The molecule has 0 radical (unpaired) electrons. The number of halogens is 2. The zero-order valence-corrected chi connectivity index (χ0v) is 17.4. The number of benzene rings is 2. The van der Waals surface area contributed by atoms with Crippen molar-refractivity contribution < 1.29 is 14.0 Å². The van der Waals surface area contributed by atoms with Crippen LogP contribution < -0.4 is 5.32 Å². The van der Waals surface area contributed by atoms with Gasteiger partial charge < -0.3 is 10.2 Å². The fourth-order valence-corrected chi connectivity index (χ4v) is 2.88. The minimum Gasteiger partial charge on any atom is -0.350 e. The Kier molecular flexibility index (Phi) is 7.19. The van der Waals surface area contributed by atoms with E-state index >= 15 is 0 Å². The molecule has 150 valence electrons. The van der Waals surface area contributed by atoms with Crippen molar-refractivity contribution in [3.63, 3.8) is 0 Å². The Bertz CT molecular complexity index is 831. The van der Waals surface area contributed by atoms with E-state index in [9.17, 15) is 14.0 Å². The Balaban J connectivity index is 2.26. The number of rotatable bonds is 6. The fourth-order valence-electron chi connectivity index (χ4n) is 2.75. The summed E-state index contributed by atoms with van der Waals surface area (Å²) in [6, 6.07) is 12.5. The van der Waals surface area contributed by atoms with Crippen LogP contribution in [0.1, 0.15) is 38.8 Å². The lowest BCUT2D eigenvalue weighted by molar-refractivity contribution is -0.140. The maximum Gasteiger partial charge on any atom is 0.242 e. The maximum atomic E-state index is 14.0. The van der Waals surface area contributed by atoms with Crippen molar-refractivity contribution in [3.8, 4) is 0 Å². The van der Waals surface area contributed by atoms with E-state index in [4.69, 9.17) is 11.6 Å². The first-order chi connectivity index (χ1) is 13.1. The third-order valence-electron chi connectivity index (χ3n) is 4.23. The standard InChI is InChI=1S/C22H26ClFN2O2/c1-15(21(28)25-22(2,3)4)26(14-16-9-11-18(23)12-10-16)20(27)13-17-7-5-6-8-19(17)24/h5-12,15H,13-14H2,1-4H3,(H,25,28). The Hall–Kier alpha value is -2.40. The second-order valence-corrected chi connectivity index (χ2v) is 8.27. The molecule has 2 aromatic rings. The van der Waals surface area contributed by atoms with Gasteiger partial charge in [0.2, 0.25) is 11.8 Å². The third-order valence-corrected chi connectivity index (χ3v) is 4.48. The quantitative estimate of drug-likeness (QED) is 0.777. The number of hydrogen-bond donors (Lipinski definition) is 1. The molecule has 2 amide bonds. The van der Waals surface area contributed by atoms with Crippen molar-refractivity contribution in [2.24, 2.45) is 0 Å². The molecule has 2 rings (SSSR count). The predicted molar refractivity (Wildman–Crippen MR) is 109 cm³/mol. The molecule has 0 aliphatic rings. The summed E-state index contributed by atoms with van der Waals surface area (Å²) in [4.78, 5) is 27.1. The second kappa shape index (κ2) is 9.20. The summed E-state index contributed by atoms with van der Waals surface area (Å²) in [5, 5.41) is 3.49. The minimum absolute atomic E-state index is 0.118. The lowest BCUT2D eigenvalue weighted by Crippen LogP contribution is -2.52. The monoisotopic (exact) mass is 404 g/mol. The first kappa shape index (κ1) is 21.9. The second-order valence-electron chi connectivity index (χ2n) is 7.83. The van der Waals surface area contributed by atoms with Gasteiger partial charge in [-0.3, -0.25) is 9.59 Å². The average molecular weight is 405 g/mol. The van der Waals surface area contributed by atoms with Crippen LogP contribution in [0.2, 0.25) is 5.02 Å². The molecule has 0 saturated heterocycles. The van der Waals surface area contributed by atoms with Crippen molar-refractivity contribution in [2.45, 2.75) is 52.2 Å². The Labute approximate surface area is 170 Å². The zero-order chi connectivity index (χ0) is 20.9. The van der Waals surface area contributed by atoms with E-state index in [-0.39, 0.29) is 24.8 Å². The highest BCUT2D eigenvalue weighted by Gasteiger charge is 2.28. The van der Waals surface area contributed by atoms with Gasteiger partial charge in [0, 0.05) is 17.1 Å². The normalized spacial score (nSPS) is 12.4. The van der Waals surface area contributed by atoms with Gasteiger partial charge in [-0.25, -0.2) is 4.39 Å². The molecule has 28 heavy (non-hydrogen) atoms. The first-order valence-electron chi connectivity index (χ1n) is 9.16. The number of hydrogen-bond acceptors (Lipinski definition) is 2. The van der Waals surface area contributed by atoms with E-state index < -0.39 is 17.4 Å². The summed E-state index contributed by atoms with van der Waals surface area (Å²) >= 11 is 5.93. The lowest BCUT2D eigenvalue weighted by Gasteiger charge is -2.31. The largest absolute Gasteiger partial charge is 0.350 e. The molecular formula is C22H26ClFN2O2. The molecule has 0 fully saturated rings. The number of nitrogens with one attached hydrogen (secondary N) is 1. The number of carbonyl (C=O) groups excluding carboxylic acids is 2. The maximum absolute atomic E-state index is 14.0. The Morgan fingerprint density at radius 1 is 1.11 bits per heavy atom. The van der Waals surface area contributed by atoms with E-state index in [0.29, 0.717) is 10.6 Å². The molecule has 0 aliphatic heterocycles. The van der Waals surface area contributed by atoms with Gasteiger partial charge in [-0.2, -0.15) is 0 Å². The summed E-state index contributed by atoms with van der Waals surface area (Å²) in [7, 11) is 0. The van der Waals surface area contributed by atoms with Crippen LogP contribution in [-0.2, 0) is 22.6 Å². The van der Waals surface area contributed by atoms with Gasteiger partial charge in [0.25, 0.3) is 0 Å². The molecule has 0 saturated carbocycles.